The Morgan fingerprint density at radius 1 is 1.20 bits per heavy atom. The van der Waals surface area contributed by atoms with E-state index in [1.54, 1.807) is 31.5 Å². The third kappa shape index (κ3) is 6.01. The van der Waals surface area contributed by atoms with Crippen LogP contribution < -0.4 is 5.32 Å². The fourth-order valence-corrected chi connectivity index (χ4v) is 4.94. The summed E-state index contributed by atoms with van der Waals surface area (Å²) < 4.78 is 20.9. The van der Waals surface area contributed by atoms with Crippen molar-refractivity contribution in [3.05, 3.63) is 75.0 Å². The predicted molar refractivity (Wildman–Crippen MR) is 137 cm³/mol. The Morgan fingerprint density at radius 3 is 2.71 bits per heavy atom. The number of ether oxygens (including phenoxy) is 1. The standard InChI is InChI=1S/C25H23BrFN3O4S/c1-34-10-2-9-28-23(31)15-29-14-17(20-12-18(26)5-8-21(20)29)11-22-24(32)30(25(33)35-22)13-16-3-6-19(27)7-4-16/h3-8,11-12,14H,2,9-10,13,15H2,1H3,(H,28,31)/b22-11-. The number of aromatic nitrogens is 1. The fourth-order valence-electron chi connectivity index (χ4n) is 3.75. The molecule has 7 nitrogen and oxygen atoms in total. The molecule has 1 saturated heterocycles. The third-order valence-corrected chi connectivity index (χ3v) is 6.85. The number of imide groups is 1. The largest absolute Gasteiger partial charge is 0.385 e. The average Bonchev–Trinajstić information content (AvgIpc) is 3.29. The van der Waals surface area contributed by atoms with Crippen LogP contribution >= 0.6 is 27.7 Å². The molecule has 0 spiro atoms. The van der Waals surface area contributed by atoms with E-state index < -0.39 is 5.91 Å². The zero-order valence-electron chi connectivity index (χ0n) is 18.9. The van der Waals surface area contributed by atoms with Crippen LogP contribution in [0.3, 0.4) is 0 Å². The number of hydrogen-bond acceptors (Lipinski definition) is 5. The molecule has 1 fully saturated rings. The van der Waals surface area contributed by atoms with Gasteiger partial charge < -0.3 is 14.6 Å². The number of carbonyl (C=O) groups excluding carboxylic acids is 3. The molecule has 1 aromatic heterocycles. The molecule has 2 aromatic carbocycles. The Morgan fingerprint density at radius 2 is 1.97 bits per heavy atom. The number of methoxy groups -OCH3 is 1. The van der Waals surface area contributed by atoms with Crippen molar-refractivity contribution >= 4 is 61.7 Å². The molecular weight excluding hydrogens is 537 g/mol. The van der Waals surface area contributed by atoms with Gasteiger partial charge in [-0.3, -0.25) is 19.3 Å². The highest BCUT2D eigenvalue weighted by molar-refractivity contribution is 9.10. The maximum absolute atomic E-state index is 13.2. The van der Waals surface area contributed by atoms with E-state index in [-0.39, 0.29) is 30.1 Å². The van der Waals surface area contributed by atoms with Crippen LogP contribution in [0.15, 0.2) is 58.0 Å². The molecule has 0 saturated carbocycles. The summed E-state index contributed by atoms with van der Waals surface area (Å²) in [5, 5.41) is 3.33. The van der Waals surface area contributed by atoms with Crippen LogP contribution in [0.25, 0.3) is 17.0 Å². The summed E-state index contributed by atoms with van der Waals surface area (Å²) in [6, 6.07) is 11.4. The van der Waals surface area contributed by atoms with Crippen LogP contribution in [0, 0.1) is 5.82 Å². The lowest BCUT2D eigenvalue weighted by molar-refractivity contribution is -0.123. The number of halogens is 2. The van der Waals surface area contributed by atoms with Crippen molar-refractivity contribution in [2.75, 3.05) is 20.3 Å². The summed E-state index contributed by atoms with van der Waals surface area (Å²) in [6.45, 7) is 1.27. The highest BCUT2D eigenvalue weighted by atomic mass is 79.9. The molecule has 3 aromatic rings. The Hall–Kier alpha value is -2.95. The van der Waals surface area contributed by atoms with E-state index in [2.05, 4.69) is 21.2 Å². The van der Waals surface area contributed by atoms with Gasteiger partial charge in [0.2, 0.25) is 5.91 Å². The molecule has 0 unspecified atom stereocenters. The topological polar surface area (TPSA) is 80.6 Å². The van der Waals surface area contributed by atoms with E-state index in [9.17, 15) is 18.8 Å². The molecule has 0 radical (unpaired) electrons. The molecule has 0 atom stereocenters. The minimum absolute atomic E-state index is 0.0683. The molecule has 1 N–H and O–H groups in total. The molecule has 1 aliphatic rings. The van der Waals surface area contributed by atoms with Crippen LogP contribution in [0.5, 0.6) is 0 Å². The van der Waals surface area contributed by atoms with Crippen LogP contribution in [-0.2, 0) is 27.4 Å². The molecule has 4 rings (SSSR count). The summed E-state index contributed by atoms with van der Waals surface area (Å²) in [5.41, 5.74) is 2.21. The van der Waals surface area contributed by atoms with Gasteiger partial charge in [-0.15, -0.1) is 0 Å². The molecule has 2 heterocycles. The van der Waals surface area contributed by atoms with Crippen molar-refractivity contribution < 1.29 is 23.5 Å². The molecular formula is C25H23BrFN3O4S. The zero-order chi connectivity index (χ0) is 24.9. The number of thioether (sulfide) groups is 1. The second-order valence-corrected chi connectivity index (χ2v) is 9.87. The number of carbonyl (C=O) groups is 3. The molecule has 10 heteroatoms. The van der Waals surface area contributed by atoms with Crippen molar-refractivity contribution in [1.29, 1.82) is 0 Å². The van der Waals surface area contributed by atoms with E-state index in [1.807, 2.05) is 22.8 Å². The monoisotopic (exact) mass is 559 g/mol. The lowest BCUT2D eigenvalue weighted by Crippen LogP contribution is -2.28. The van der Waals surface area contributed by atoms with Gasteiger partial charge in [0.15, 0.2) is 0 Å². The highest BCUT2D eigenvalue weighted by Gasteiger charge is 2.35. The average molecular weight is 560 g/mol. The van der Waals surface area contributed by atoms with Gasteiger partial charge >= 0.3 is 0 Å². The smallest absolute Gasteiger partial charge is 0.293 e. The van der Waals surface area contributed by atoms with Crippen molar-refractivity contribution in [2.24, 2.45) is 0 Å². The second-order valence-electron chi connectivity index (χ2n) is 7.96. The SMILES string of the molecule is COCCCNC(=O)Cn1cc(/C=C2\SC(=O)N(Cc3ccc(F)cc3)C2=O)c2cc(Br)ccc21. The number of amides is 3. The van der Waals surface area contributed by atoms with Gasteiger partial charge in [0.25, 0.3) is 11.1 Å². The van der Waals surface area contributed by atoms with Crippen LogP contribution in [0.4, 0.5) is 9.18 Å². The number of hydrogen-bond donors (Lipinski definition) is 1. The normalized spacial score (nSPS) is 14.9. The van der Waals surface area contributed by atoms with E-state index >= 15 is 0 Å². The van der Waals surface area contributed by atoms with E-state index in [0.717, 1.165) is 44.0 Å². The van der Waals surface area contributed by atoms with Crippen LogP contribution in [0.1, 0.15) is 17.5 Å². The molecule has 1 aliphatic heterocycles. The minimum atomic E-state index is -0.406. The molecule has 0 aliphatic carbocycles. The van der Waals surface area contributed by atoms with Gasteiger partial charge in [-0.25, -0.2) is 4.39 Å². The van der Waals surface area contributed by atoms with E-state index in [0.29, 0.717) is 23.6 Å². The van der Waals surface area contributed by atoms with Gasteiger partial charge in [-0.1, -0.05) is 28.1 Å². The van der Waals surface area contributed by atoms with Gasteiger partial charge in [-0.2, -0.15) is 0 Å². The van der Waals surface area contributed by atoms with Crippen molar-refractivity contribution in [1.82, 2.24) is 14.8 Å². The van der Waals surface area contributed by atoms with Crippen LogP contribution in [-0.4, -0.2) is 46.8 Å². The number of fused-ring (bicyclic) bond motifs is 1. The first-order valence-corrected chi connectivity index (χ1v) is 12.5. The number of nitrogens with one attached hydrogen (secondary N) is 1. The van der Waals surface area contributed by atoms with E-state index in [4.69, 9.17) is 4.74 Å². The first kappa shape index (κ1) is 25.2. The number of rotatable bonds is 9. The third-order valence-electron chi connectivity index (χ3n) is 5.45. The molecule has 0 bridgehead atoms. The summed E-state index contributed by atoms with van der Waals surface area (Å²) in [6.07, 6.45) is 4.21. The first-order valence-electron chi connectivity index (χ1n) is 10.9. The lowest BCUT2D eigenvalue weighted by Gasteiger charge is -2.12. The second kappa shape index (κ2) is 11.2. The zero-order valence-corrected chi connectivity index (χ0v) is 21.3. The van der Waals surface area contributed by atoms with Crippen molar-refractivity contribution in [3.8, 4) is 0 Å². The van der Waals surface area contributed by atoms with Gasteiger partial charge in [-0.05, 0) is 60.2 Å². The molecule has 3 amide bonds. The quantitative estimate of drug-likeness (QED) is 0.297. The summed E-state index contributed by atoms with van der Waals surface area (Å²) in [7, 11) is 1.62. The van der Waals surface area contributed by atoms with Gasteiger partial charge in [0.05, 0.1) is 11.4 Å². The Labute approximate surface area is 214 Å². The van der Waals surface area contributed by atoms with Crippen molar-refractivity contribution in [2.45, 2.75) is 19.5 Å². The first-order chi connectivity index (χ1) is 16.9. The van der Waals surface area contributed by atoms with Gasteiger partial charge in [0, 0.05) is 47.4 Å². The number of benzene rings is 2. The van der Waals surface area contributed by atoms with Gasteiger partial charge in [0.1, 0.15) is 12.4 Å². The Balaban J connectivity index is 1.57. The van der Waals surface area contributed by atoms with E-state index in [1.165, 1.54) is 12.1 Å². The Bertz CT molecular complexity index is 1310. The fraction of sp³-hybridized carbons (Fsp3) is 0.240. The van der Waals surface area contributed by atoms with Crippen molar-refractivity contribution in [3.63, 3.8) is 0 Å². The van der Waals surface area contributed by atoms with Crippen LogP contribution in [0.2, 0.25) is 0 Å². The Kier molecular flexibility index (Phi) is 8.04. The number of nitrogens with zero attached hydrogens (tertiary/aromatic N) is 2. The lowest BCUT2D eigenvalue weighted by atomic mass is 10.1. The molecule has 35 heavy (non-hydrogen) atoms. The minimum Gasteiger partial charge on any atom is -0.385 e. The maximum Gasteiger partial charge on any atom is 0.293 e. The predicted octanol–water partition coefficient (Wildman–Crippen LogP) is 4.93. The summed E-state index contributed by atoms with van der Waals surface area (Å²) in [4.78, 5) is 39.4. The highest BCUT2D eigenvalue weighted by Crippen LogP contribution is 2.35. The molecule has 182 valence electrons. The maximum atomic E-state index is 13.2. The summed E-state index contributed by atoms with van der Waals surface area (Å²) >= 11 is 4.34. The summed E-state index contributed by atoms with van der Waals surface area (Å²) in [5.74, 6) is -0.919.